The van der Waals surface area contributed by atoms with Crippen molar-refractivity contribution in [2.75, 3.05) is 7.05 Å². The molecule has 0 amide bonds. The Hall–Kier alpha value is -1.09. The van der Waals surface area contributed by atoms with Crippen LogP contribution in [0.2, 0.25) is 0 Å². The first-order valence-electron chi connectivity index (χ1n) is 5.43. The van der Waals surface area contributed by atoms with Crippen LogP contribution < -0.4 is 5.32 Å². The van der Waals surface area contributed by atoms with Gasteiger partial charge in [0, 0.05) is 12.1 Å². The van der Waals surface area contributed by atoms with Gasteiger partial charge in [-0.25, -0.2) is 4.98 Å². The van der Waals surface area contributed by atoms with Crippen LogP contribution in [-0.2, 0) is 0 Å². The fourth-order valence-corrected chi connectivity index (χ4v) is 1.44. The number of rotatable bonds is 4. The average Bonchev–Trinajstić information content (AvgIpc) is 2.64. The van der Waals surface area contributed by atoms with Gasteiger partial charge in [0.05, 0.1) is 18.2 Å². The minimum absolute atomic E-state index is 0.403. The molecule has 1 atom stereocenters. The van der Waals surface area contributed by atoms with E-state index in [1.807, 2.05) is 19.6 Å². The predicted molar refractivity (Wildman–Crippen MR) is 64.8 cm³/mol. The van der Waals surface area contributed by atoms with E-state index in [1.165, 1.54) is 11.3 Å². The van der Waals surface area contributed by atoms with Crippen LogP contribution in [-0.4, -0.2) is 22.6 Å². The van der Waals surface area contributed by atoms with Crippen LogP contribution in [0, 0.1) is 0 Å². The quantitative estimate of drug-likeness (QED) is 0.822. The van der Waals surface area contributed by atoms with E-state index >= 15 is 0 Å². The molecule has 15 heavy (non-hydrogen) atoms. The Kier molecular flexibility index (Phi) is 4.09. The molecule has 0 spiro atoms. The molecule has 0 aliphatic heterocycles. The van der Waals surface area contributed by atoms with Crippen molar-refractivity contribution in [2.45, 2.75) is 39.8 Å². The lowest BCUT2D eigenvalue weighted by atomic mass is 10.1. The summed E-state index contributed by atoms with van der Waals surface area (Å²) in [6.07, 6.45) is 5.98. The monoisotopic (exact) mass is 207 g/mol. The summed E-state index contributed by atoms with van der Waals surface area (Å²) in [6, 6.07) is 0.858. The van der Waals surface area contributed by atoms with Crippen LogP contribution >= 0.6 is 0 Å². The molecular formula is C12H21N3. The first-order valence-corrected chi connectivity index (χ1v) is 5.43. The molecule has 1 rings (SSSR count). The standard InChI is InChI=1S/C12H21N3/c1-9(2)15-8-14-7-12(15)6-10(3)11(4)13-5/h6-9,11,13H,1-5H3. The molecular weight excluding hydrogens is 186 g/mol. The van der Waals surface area contributed by atoms with Crippen molar-refractivity contribution in [2.24, 2.45) is 0 Å². The highest BCUT2D eigenvalue weighted by molar-refractivity contribution is 5.49. The second-order valence-corrected chi connectivity index (χ2v) is 4.22. The molecule has 1 unspecified atom stereocenters. The largest absolute Gasteiger partial charge is 0.329 e. The Bertz CT molecular complexity index is 336. The Morgan fingerprint density at radius 1 is 1.47 bits per heavy atom. The first kappa shape index (κ1) is 12.0. The van der Waals surface area contributed by atoms with Gasteiger partial charge in [0.25, 0.3) is 0 Å². The van der Waals surface area contributed by atoms with E-state index in [-0.39, 0.29) is 0 Å². The number of nitrogens with one attached hydrogen (secondary N) is 1. The van der Waals surface area contributed by atoms with Gasteiger partial charge in [-0.3, -0.25) is 0 Å². The van der Waals surface area contributed by atoms with Gasteiger partial charge in [-0.2, -0.15) is 0 Å². The molecule has 1 aromatic rings. The van der Waals surface area contributed by atoms with Crippen LogP contribution in [0.15, 0.2) is 18.1 Å². The average molecular weight is 207 g/mol. The lowest BCUT2D eigenvalue weighted by molar-refractivity contribution is 0.594. The van der Waals surface area contributed by atoms with Crippen molar-refractivity contribution in [1.29, 1.82) is 0 Å². The molecule has 0 fully saturated rings. The van der Waals surface area contributed by atoms with Gasteiger partial charge in [-0.1, -0.05) is 5.57 Å². The molecule has 1 heterocycles. The highest BCUT2D eigenvalue weighted by atomic mass is 15.1. The van der Waals surface area contributed by atoms with E-state index in [1.54, 1.807) is 0 Å². The number of likely N-dealkylation sites (N-methyl/N-ethyl adjacent to an activating group) is 1. The minimum atomic E-state index is 0.403. The highest BCUT2D eigenvalue weighted by Gasteiger charge is 2.05. The lowest BCUT2D eigenvalue weighted by Gasteiger charge is -2.13. The zero-order chi connectivity index (χ0) is 11.4. The third kappa shape index (κ3) is 2.93. The molecule has 3 nitrogen and oxygen atoms in total. The Morgan fingerprint density at radius 2 is 2.13 bits per heavy atom. The zero-order valence-electron chi connectivity index (χ0n) is 10.3. The fraction of sp³-hybridized carbons (Fsp3) is 0.583. The fourth-order valence-electron chi connectivity index (χ4n) is 1.44. The number of hydrogen-bond donors (Lipinski definition) is 1. The topological polar surface area (TPSA) is 29.9 Å². The molecule has 0 aliphatic rings. The maximum absolute atomic E-state index is 4.18. The Morgan fingerprint density at radius 3 is 2.67 bits per heavy atom. The zero-order valence-corrected chi connectivity index (χ0v) is 10.3. The van der Waals surface area contributed by atoms with E-state index in [9.17, 15) is 0 Å². The third-order valence-electron chi connectivity index (χ3n) is 2.74. The van der Waals surface area contributed by atoms with Crippen LogP contribution in [0.25, 0.3) is 6.08 Å². The van der Waals surface area contributed by atoms with Crippen LogP contribution in [0.3, 0.4) is 0 Å². The number of nitrogens with zero attached hydrogens (tertiary/aromatic N) is 2. The van der Waals surface area contributed by atoms with Crippen molar-refractivity contribution < 1.29 is 0 Å². The summed E-state index contributed by atoms with van der Waals surface area (Å²) in [5.41, 5.74) is 2.49. The summed E-state index contributed by atoms with van der Waals surface area (Å²) < 4.78 is 2.17. The Labute approximate surface area is 92.2 Å². The molecule has 0 aromatic carbocycles. The van der Waals surface area contributed by atoms with E-state index in [4.69, 9.17) is 0 Å². The smallest absolute Gasteiger partial charge is 0.0953 e. The van der Waals surface area contributed by atoms with Gasteiger partial charge < -0.3 is 9.88 Å². The molecule has 1 N–H and O–H groups in total. The lowest BCUT2D eigenvalue weighted by Crippen LogP contribution is -2.22. The van der Waals surface area contributed by atoms with Gasteiger partial charge in [-0.05, 0) is 40.8 Å². The Balaban J connectivity index is 2.92. The summed E-state index contributed by atoms with van der Waals surface area (Å²) in [6.45, 7) is 8.62. The predicted octanol–water partition coefficient (Wildman–Crippen LogP) is 2.48. The summed E-state index contributed by atoms with van der Waals surface area (Å²) in [4.78, 5) is 4.18. The number of hydrogen-bond acceptors (Lipinski definition) is 2. The second-order valence-electron chi connectivity index (χ2n) is 4.22. The molecule has 0 aliphatic carbocycles. The summed E-state index contributed by atoms with van der Waals surface area (Å²) in [7, 11) is 1.97. The SMILES string of the molecule is CNC(C)C(C)=Cc1cncn1C(C)C. The normalized spacial score (nSPS) is 14.7. The minimum Gasteiger partial charge on any atom is -0.329 e. The summed E-state index contributed by atoms with van der Waals surface area (Å²) in [5.74, 6) is 0. The van der Waals surface area contributed by atoms with Crippen molar-refractivity contribution in [3.05, 3.63) is 23.8 Å². The van der Waals surface area contributed by atoms with Crippen molar-refractivity contribution in [3.63, 3.8) is 0 Å². The van der Waals surface area contributed by atoms with Crippen LogP contribution in [0.1, 0.15) is 39.4 Å². The van der Waals surface area contributed by atoms with Crippen molar-refractivity contribution in [3.8, 4) is 0 Å². The number of aromatic nitrogens is 2. The van der Waals surface area contributed by atoms with E-state index in [2.05, 4.69) is 48.6 Å². The van der Waals surface area contributed by atoms with E-state index < -0.39 is 0 Å². The van der Waals surface area contributed by atoms with Gasteiger partial charge in [0.15, 0.2) is 0 Å². The summed E-state index contributed by atoms with van der Waals surface area (Å²) in [5, 5.41) is 3.23. The first-order chi connectivity index (χ1) is 7.06. The molecule has 0 saturated carbocycles. The van der Waals surface area contributed by atoms with E-state index in [0.29, 0.717) is 12.1 Å². The highest BCUT2D eigenvalue weighted by Crippen LogP contribution is 2.13. The summed E-state index contributed by atoms with van der Waals surface area (Å²) >= 11 is 0. The third-order valence-corrected chi connectivity index (χ3v) is 2.74. The van der Waals surface area contributed by atoms with Gasteiger partial charge in [0.2, 0.25) is 0 Å². The van der Waals surface area contributed by atoms with Gasteiger partial charge in [-0.15, -0.1) is 0 Å². The molecule has 0 radical (unpaired) electrons. The van der Waals surface area contributed by atoms with Gasteiger partial charge >= 0.3 is 0 Å². The molecule has 0 bridgehead atoms. The molecule has 3 heteroatoms. The maximum atomic E-state index is 4.18. The molecule has 1 aromatic heterocycles. The number of imidazole rings is 1. The van der Waals surface area contributed by atoms with Crippen molar-refractivity contribution in [1.82, 2.24) is 14.9 Å². The van der Waals surface area contributed by atoms with Crippen molar-refractivity contribution >= 4 is 6.08 Å². The van der Waals surface area contributed by atoms with Crippen LogP contribution in [0.5, 0.6) is 0 Å². The second kappa shape index (κ2) is 5.12. The molecule has 84 valence electrons. The van der Waals surface area contributed by atoms with Gasteiger partial charge in [0.1, 0.15) is 0 Å². The van der Waals surface area contributed by atoms with Crippen LogP contribution in [0.4, 0.5) is 0 Å². The van der Waals surface area contributed by atoms with E-state index in [0.717, 1.165) is 0 Å². The maximum Gasteiger partial charge on any atom is 0.0953 e. The molecule has 0 saturated heterocycles.